The maximum atomic E-state index is 12.4. The zero-order chi connectivity index (χ0) is 18.5. The van der Waals surface area contributed by atoms with E-state index in [-0.39, 0.29) is 5.91 Å². The van der Waals surface area contributed by atoms with Crippen LogP contribution in [0.5, 0.6) is 0 Å². The summed E-state index contributed by atoms with van der Waals surface area (Å²) in [4.78, 5) is 16.7. The van der Waals surface area contributed by atoms with Gasteiger partial charge in [0.25, 0.3) is 5.91 Å². The summed E-state index contributed by atoms with van der Waals surface area (Å²) in [6, 6.07) is 3.88. The highest BCUT2D eigenvalue weighted by molar-refractivity contribution is 6.30. The van der Waals surface area contributed by atoms with Gasteiger partial charge in [0.2, 0.25) is 0 Å². The first-order valence-corrected chi connectivity index (χ1v) is 9.97. The number of hydrogen-bond acceptors (Lipinski definition) is 2. The van der Waals surface area contributed by atoms with Crippen molar-refractivity contribution in [2.75, 3.05) is 5.32 Å². The van der Waals surface area contributed by atoms with Gasteiger partial charge in [0, 0.05) is 17.3 Å². The number of rotatable bonds is 2. The van der Waals surface area contributed by atoms with Crippen LogP contribution >= 0.6 is 0 Å². The van der Waals surface area contributed by atoms with Crippen molar-refractivity contribution >= 4 is 17.3 Å². The van der Waals surface area contributed by atoms with E-state index >= 15 is 0 Å². The second kappa shape index (κ2) is 6.07. The van der Waals surface area contributed by atoms with Crippen LogP contribution in [-0.4, -0.2) is 10.9 Å². The summed E-state index contributed by atoms with van der Waals surface area (Å²) in [5, 5.41) is 2.88. The van der Waals surface area contributed by atoms with Crippen LogP contribution in [-0.2, 0) is 4.79 Å². The number of carbonyl (C=O) groups excluding carboxylic acids is 1. The lowest BCUT2D eigenvalue weighted by molar-refractivity contribution is -0.110. The number of fused-ring (bicyclic) bond motifs is 2. The monoisotopic (exact) mass is 350 g/mol. The Labute approximate surface area is 157 Å². The highest BCUT2D eigenvalue weighted by Crippen LogP contribution is 2.61. The molecule has 0 spiro atoms. The van der Waals surface area contributed by atoms with Gasteiger partial charge in [-0.25, -0.2) is 4.98 Å². The van der Waals surface area contributed by atoms with Crippen LogP contribution in [0.2, 0.25) is 0 Å². The Kier molecular flexibility index (Phi) is 4.09. The van der Waals surface area contributed by atoms with Crippen LogP contribution in [0, 0.1) is 22.7 Å². The molecule has 0 radical (unpaired) electrons. The van der Waals surface area contributed by atoms with E-state index in [1.54, 1.807) is 6.20 Å². The maximum Gasteiger partial charge on any atom is 0.257 e. The SMILES string of the molecule is C=C1CC[C@H]2C(C)(C)CCC[C@]2(C)[C@H]1C/C=C1\C(=O)Nc2ncccc21. The number of allylic oxidation sites excluding steroid dienone is 2. The summed E-state index contributed by atoms with van der Waals surface area (Å²) in [5.74, 6) is 1.87. The molecule has 3 nitrogen and oxygen atoms in total. The van der Waals surface area contributed by atoms with E-state index in [2.05, 4.69) is 43.7 Å². The molecule has 138 valence electrons. The number of nitrogens with zero attached hydrogens (tertiary/aromatic N) is 1. The summed E-state index contributed by atoms with van der Waals surface area (Å²) in [7, 11) is 0. The predicted octanol–water partition coefficient (Wildman–Crippen LogP) is 5.61. The minimum atomic E-state index is -0.0224. The van der Waals surface area contributed by atoms with E-state index in [4.69, 9.17) is 0 Å². The smallest absolute Gasteiger partial charge is 0.257 e. The van der Waals surface area contributed by atoms with Crippen molar-refractivity contribution in [3.63, 3.8) is 0 Å². The number of hydrogen-bond donors (Lipinski definition) is 1. The summed E-state index contributed by atoms with van der Waals surface area (Å²) >= 11 is 0. The number of pyridine rings is 1. The van der Waals surface area contributed by atoms with Gasteiger partial charge in [-0.3, -0.25) is 4.79 Å². The van der Waals surface area contributed by atoms with Crippen molar-refractivity contribution in [3.8, 4) is 0 Å². The van der Waals surface area contributed by atoms with Crippen LogP contribution in [0.3, 0.4) is 0 Å². The molecule has 4 rings (SSSR count). The molecule has 3 aliphatic rings. The summed E-state index contributed by atoms with van der Waals surface area (Å²) in [5.41, 5.74) is 3.79. The van der Waals surface area contributed by atoms with E-state index in [0.29, 0.717) is 22.6 Å². The van der Waals surface area contributed by atoms with Gasteiger partial charge >= 0.3 is 0 Å². The van der Waals surface area contributed by atoms with E-state index < -0.39 is 0 Å². The van der Waals surface area contributed by atoms with Crippen molar-refractivity contribution in [1.29, 1.82) is 0 Å². The lowest BCUT2D eigenvalue weighted by Gasteiger charge is -2.58. The topological polar surface area (TPSA) is 42.0 Å². The fourth-order valence-corrected chi connectivity index (χ4v) is 6.17. The van der Waals surface area contributed by atoms with Crippen molar-refractivity contribution in [3.05, 3.63) is 42.1 Å². The van der Waals surface area contributed by atoms with Crippen LogP contribution < -0.4 is 5.32 Å². The lowest BCUT2D eigenvalue weighted by Crippen LogP contribution is -2.49. The third-order valence-corrected chi connectivity index (χ3v) is 7.45. The summed E-state index contributed by atoms with van der Waals surface area (Å²) < 4.78 is 0. The molecule has 1 aromatic rings. The van der Waals surface area contributed by atoms with Crippen molar-refractivity contribution in [1.82, 2.24) is 4.98 Å². The average molecular weight is 351 g/mol. The predicted molar refractivity (Wildman–Crippen MR) is 107 cm³/mol. The first-order chi connectivity index (χ1) is 12.3. The maximum absolute atomic E-state index is 12.4. The summed E-state index contributed by atoms with van der Waals surface area (Å²) in [6.07, 6.45) is 11.1. The van der Waals surface area contributed by atoms with Gasteiger partial charge in [0.05, 0.1) is 0 Å². The van der Waals surface area contributed by atoms with Gasteiger partial charge in [-0.05, 0) is 66.9 Å². The van der Waals surface area contributed by atoms with Crippen LogP contribution in [0.4, 0.5) is 5.82 Å². The Bertz CT molecular complexity index is 791. The molecular formula is C23H30N2O. The minimum absolute atomic E-state index is 0.0224. The molecule has 1 aromatic heterocycles. The quantitative estimate of drug-likeness (QED) is 0.557. The van der Waals surface area contributed by atoms with Gasteiger partial charge < -0.3 is 5.32 Å². The molecule has 0 unspecified atom stereocenters. The minimum Gasteiger partial charge on any atom is -0.306 e. The van der Waals surface area contributed by atoms with Crippen molar-refractivity contribution in [2.24, 2.45) is 22.7 Å². The molecule has 0 aromatic carbocycles. The van der Waals surface area contributed by atoms with Crippen LogP contribution in [0.25, 0.3) is 5.57 Å². The molecule has 0 bridgehead atoms. The molecule has 2 fully saturated rings. The number of amides is 1. The van der Waals surface area contributed by atoms with Gasteiger partial charge in [-0.2, -0.15) is 0 Å². The first-order valence-electron chi connectivity index (χ1n) is 9.97. The van der Waals surface area contributed by atoms with Gasteiger partial charge in [-0.1, -0.05) is 45.4 Å². The normalized spacial score (nSPS) is 34.3. The second-order valence-corrected chi connectivity index (χ2v) is 9.36. The Balaban J connectivity index is 1.65. The standard InChI is InChI=1S/C23H30N2O/c1-15-8-11-19-22(2,3)12-6-13-23(19,4)18(15)10-9-17-16-7-5-14-24-20(16)25-21(17)26/h5,7,9,14,18-19H,1,6,8,10-13H2,2-4H3,(H,24,25,26)/b17-9-/t18-,19-,23+/m0/s1. The third kappa shape index (κ3) is 2.64. The molecule has 2 heterocycles. The van der Waals surface area contributed by atoms with Crippen molar-refractivity contribution < 1.29 is 4.79 Å². The lowest BCUT2D eigenvalue weighted by atomic mass is 9.47. The molecule has 3 atom stereocenters. The van der Waals surface area contributed by atoms with Gasteiger partial charge in [0.15, 0.2) is 0 Å². The Morgan fingerprint density at radius 1 is 1.35 bits per heavy atom. The Hall–Kier alpha value is -1.90. The fraction of sp³-hybridized carbons (Fsp3) is 0.565. The van der Waals surface area contributed by atoms with Crippen molar-refractivity contribution in [2.45, 2.75) is 59.3 Å². The van der Waals surface area contributed by atoms with E-state index in [1.807, 2.05) is 12.1 Å². The molecule has 1 N–H and O–H groups in total. The molecule has 0 saturated heterocycles. The number of anilines is 1. The number of aromatic nitrogens is 1. The zero-order valence-electron chi connectivity index (χ0n) is 16.3. The highest BCUT2D eigenvalue weighted by atomic mass is 16.2. The van der Waals surface area contributed by atoms with Gasteiger partial charge in [0.1, 0.15) is 5.82 Å². The molecule has 2 aliphatic carbocycles. The Morgan fingerprint density at radius 2 is 2.15 bits per heavy atom. The molecular weight excluding hydrogens is 320 g/mol. The molecule has 1 amide bonds. The van der Waals surface area contributed by atoms with E-state index in [1.165, 1.54) is 31.3 Å². The molecule has 2 saturated carbocycles. The molecule has 26 heavy (non-hydrogen) atoms. The third-order valence-electron chi connectivity index (χ3n) is 7.45. The van der Waals surface area contributed by atoms with Gasteiger partial charge in [-0.15, -0.1) is 0 Å². The summed E-state index contributed by atoms with van der Waals surface area (Å²) in [6.45, 7) is 11.8. The zero-order valence-corrected chi connectivity index (χ0v) is 16.3. The number of carbonyl (C=O) groups is 1. The van der Waals surface area contributed by atoms with Crippen LogP contribution in [0.15, 0.2) is 36.6 Å². The van der Waals surface area contributed by atoms with E-state index in [9.17, 15) is 4.79 Å². The van der Waals surface area contributed by atoms with E-state index in [0.717, 1.165) is 29.9 Å². The first kappa shape index (κ1) is 17.5. The largest absolute Gasteiger partial charge is 0.306 e. The average Bonchev–Trinajstić information content (AvgIpc) is 2.89. The highest BCUT2D eigenvalue weighted by Gasteiger charge is 2.52. The molecule has 3 heteroatoms. The second-order valence-electron chi connectivity index (χ2n) is 9.36. The Morgan fingerprint density at radius 3 is 2.96 bits per heavy atom. The van der Waals surface area contributed by atoms with Crippen LogP contribution in [0.1, 0.15) is 64.9 Å². The number of nitrogens with one attached hydrogen (secondary N) is 1. The fourth-order valence-electron chi connectivity index (χ4n) is 6.17. The molecule has 1 aliphatic heterocycles.